The van der Waals surface area contributed by atoms with Crippen molar-refractivity contribution in [1.82, 2.24) is 5.32 Å². The van der Waals surface area contributed by atoms with Gasteiger partial charge in [0, 0.05) is 6.54 Å². The lowest BCUT2D eigenvalue weighted by Crippen LogP contribution is -2.45. The van der Waals surface area contributed by atoms with Crippen molar-refractivity contribution in [2.75, 3.05) is 13.2 Å². The average Bonchev–Trinajstić information content (AvgIpc) is 2.13. The molecule has 0 aromatic carbocycles. The Hall–Kier alpha value is -1.63. The number of carbonyl (C=O) groups is 3. The summed E-state index contributed by atoms with van der Waals surface area (Å²) >= 11 is 0. The topological polar surface area (TPSA) is 130 Å². The molecule has 0 radical (unpaired) electrons. The second-order valence-electron chi connectivity index (χ2n) is 3.25. The number of hydrogen-bond acceptors (Lipinski definition) is 4. The van der Waals surface area contributed by atoms with Crippen LogP contribution in [0.1, 0.15) is 13.3 Å². The lowest BCUT2D eigenvalue weighted by molar-refractivity contribution is -0.156. The molecule has 0 heterocycles. The summed E-state index contributed by atoms with van der Waals surface area (Å²) in [5.74, 6) is -3.17. The Morgan fingerprint density at radius 1 is 1.40 bits per heavy atom. The normalized spacial score (nSPS) is 14.0. The average molecular weight is 218 g/mol. The Bertz CT molecular complexity index is 262. The van der Waals surface area contributed by atoms with Gasteiger partial charge in [-0.1, -0.05) is 0 Å². The van der Waals surface area contributed by atoms with E-state index in [9.17, 15) is 14.4 Å². The number of rotatable bonds is 6. The number of nitrogens with one attached hydrogen (secondary N) is 1. The Balaban J connectivity index is 4.50. The zero-order valence-corrected chi connectivity index (χ0v) is 8.32. The minimum absolute atomic E-state index is 0.00724. The van der Waals surface area contributed by atoms with E-state index < -0.39 is 29.6 Å². The van der Waals surface area contributed by atoms with Crippen LogP contribution in [0.4, 0.5) is 0 Å². The highest BCUT2D eigenvalue weighted by Gasteiger charge is 2.41. The molecule has 0 bridgehead atoms. The molecular weight excluding hydrogens is 204 g/mol. The van der Waals surface area contributed by atoms with Crippen molar-refractivity contribution in [1.29, 1.82) is 0 Å². The molecule has 0 aliphatic carbocycles. The standard InChI is InChI=1S/C8H14N2O5/c1-8(6(9)13,7(14)15)4-5(12)10-2-3-11/h11H,2-4H2,1H3,(H2,9,13)(H,10,12)(H,14,15). The third-order valence-electron chi connectivity index (χ3n) is 1.96. The van der Waals surface area contributed by atoms with Gasteiger partial charge in [0.25, 0.3) is 0 Å². The third kappa shape index (κ3) is 3.55. The van der Waals surface area contributed by atoms with Gasteiger partial charge in [-0.3, -0.25) is 14.4 Å². The first-order valence-corrected chi connectivity index (χ1v) is 4.25. The molecule has 0 rings (SSSR count). The highest BCUT2D eigenvalue weighted by molar-refractivity contribution is 6.04. The molecule has 2 amide bonds. The van der Waals surface area contributed by atoms with Gasteiger partial charge in [-0.2, -0.15) is 0 Å². The van der Waals surface area contributed by atoms with Crippen LogP contribution < -0.4 is 11.1 Å². The highest BCUT2D eigenvalue weighted by atomic mass is 16.4. The number of aliphatic carboxylic acids is 1. The van der Waals surface area contributed by atoms with E-state index >= 15 is 0 Å². The molecule has 15 heavy (non-hydrogen) atoms. The van der Waals surface area contributed by atoms with Crippen LogP contribution in [0.25, 0.3) is 0 Å². The number of nitrogens with two attached hydrogens (primary N) is 1. The third-order valence-corrected chi connectivity index (χ3v) is 1.96. The zero-order valence-electron chi connectivity index (χ0n) is 8.32. The maximum absolute atomic E-state index is 11.1. The maximum atomic E-state index is 11.1. The van der Waals surface area contributed by atoms with E-state index in [0.717, 1.165) is 6.92 Å². The summed E-state index contributed by atoms with van der Waals surface area (Å²) in [6.07, 6.45) is -0.544. The minimum Gasteiger partial charge on any atom is -0.480 e. The zero-order chi connectivity index (χ0) is 12.1. The van der Waals surface area contributed by atoms with Crippen molar-refractivity contribution < 1.29 is 24.6 Å². The predicted octanol–water partition coefficient (Wildman–Crippen LogP) is -1.94. The van der Waals surface area contributed by atoms with Gasteiger partial charge >= 0.3 is 5.97 Å². The first kappa shape index (κ1) is 13.4. The van der Waals surface area contributed by atoms with E-state index in [1.54, 1.807) is 0 Å². The lowest BCUT2D eigenvalue weighted by atomic mass is 9.86. The highest BCUT2D eigenvalue weighted by Crippen LogP contribution is 2.20. The number of carboxylic acid groups (broad SMARTS) is 1. The smallest absolute Gasteiger partial charge is 0.319 e. The van der Waals surface area contributed by atoms with Gasteiger partial charge in [-0.05, 0) is 6.92 Å². The minimum atomic E-state index is -1.92. The SMILES string of the molecule is CC(CC(=O)NCCO)(C(N)=O)C(=O)O. The molecule has 0 aromatic rings. The van der Waals surface area contributed by atoms with Crippen LogP contribution >= 0.6 is 0 Å². The van der Waals surface area contributed by atoms with Crippen molar-refractivity contribution in [2.45, 2.75) is 13.3 Å². The largest absolute Gasteiger partial charge is 0.480 e. The van der Waals surface area contributed by atoms with Crippen LogP contribution in [0.15, 0.2) is 0 Å². The Labute approximate surface area is 86.3 Å². The van der Waals surface area contributed by atoms with Gasteiger partial charge in [0.05, 0.1) is 13.0 Å². The summed E-state index contributed by atoms with van der Waals surface area (Å²) in [7, 11) is 0. The molecule has 0 aliphatic rings. The fourth-order valence-electron chi connectivity index (χ4n) is 0.847. The van der Waals surface area contributed by atoms with E-state index in [-0.39, 0.29) is 13.2 Å². The number of aliphatic hydroxyl groups is 1. The number of amides is 2. The van der Waals surface area contributed by atoms with E-state index in [0.29, 0.717) is 0 Å². The molecule has 0 spiro atoms. The van der Waals surface area contributed by atoms with Gasteiger partial charge in [-0.15, -0.1) is 0 Å². The first-order valence-electron chi connectivity index (χ1n) is 4.25. The van der Waals surface area contributed by atoms with Gasteiger partial charge in [-0.25, -0.2) is 0 Å². The van der Waals surface area contributed by atoms with E-state index in [4.69, 9.17) is 15.9 Å². The van der Waals surface area contributed by atoms with Crippen LogP contribution in [-0.2, 0) is 14.4 Å². The fourth-order valence-corrected chi connectivity index (χ4v) is 0.847. The van der Waals surface area contributed by atoms with Gasteiger partial charge in [0.15, 0.2) is 5.41 Å². The summed E-state index contributed by atoms with van der Waals surface area (Å²) in [5, 5.41) is 19.4. The summed E-state index contributed by atoms with van der Waals surface area (Å²) in [5.41, 5.74) is 2.98. The Morgan fingerprint density at radius 3 is 2.27 bits per heavy atom. The maximum Gasteiger partial charge on any atom is 0.319 e. The fraction of sp³-hybridized carbons (Fsp3) is 0.625. The molecule has 1 atom stereocenters. The van der Waals surface area contributed by atoms with E-state index in [1.165, 1.54) is 0 Å². The number of primary amides is 1. The molecule has 0 saturated heterocycles. The van der Waals surface area contributed by atoms with Gasteiger partial charge < -0.3 is 21.3 Å². The van der Waals surface area contributed by atoms with Crippen LogP contribution in [0.3, 0.4) is 0 Å². The molecular formula is C8H14N2O5. The number of hydrogen-bond donors (Lipinski definition) is 4. The van der Waals surface area contributed by atoms with Crippen LogP contribution in [0.2, 0.25) is 0 Å². The predicted molar refractivity (Wildman–Crippen MR) is 49.6 cm³/mol. The molecule has 1 unspecified atom stereocenters. The van der Waals surface area contributed by atoms with Crippen molar-refractivity contribution in [3.63, 3.8) is 0 Å². The van der Waals surface area contributed by atoms with E-state index in [2.05, 4.69) is 5.32 Å². The molecule has 0 saturated carbocycles. The van der Waals surface area contributed by atoms with Gasteiger partial charge in [0.1, 0.15) is 0 Å². The first-order chi connectivity index (χ1) is 6.84. The lowest BCUT2D eigenvalue weighted by Gasteiger charge is -2.19. The van der Waals surface area contributed by atoms with Crippen LogP contribution in [-0.4, -0.2) is 41.1 Å². The van der Waals surface area contributed by atoms with Crippen molar-refractivity contribution in [3.8, 4) is 0 Å². The molecule has 86 valence electrons. The Kier molecular flexibility index (Phi) is 4.72. The number of carbonyl (C=O) groups excluding carboxylic acids is 2. The van der Waals surface area contributed by atoms with Gasteiger partial charge in [0.2, 0.25) is 11.8 Å². The Morgan fingerprint density at radius 2 is 1.93 bits per heavy atom. The van der Waals surface area contributed by atoms with Crippen LogP contribution in [0.5, 0.6) is 0 Å². The molecule has 0 fully saturated rings. The molecule has 5 N–H and O–H groups in total. The van der Waals surface area contributed by atoms with Crippen LogP contribution in [0, 0.1) is 5.41 Å². The van der Waals surface area contributed by atoms with Crippen molar-refractivity contribution >= 4 is 17.8 Å². The summed E-state index contributed by atoms with van der Waals surface area (Å²) in [6, 6.07) is 0. The van der Waals surface area contributed by atoms with Crippen molar-refractivity contribution in [2.24, 2.45) is 11.1 Å². The number of carboxylic acids is 1. The summed E-state index contributed by atoms with van der Waals surface area (Å²) < 4.78 is 0. The monoisotopic (exact) mass is 218 g/mol. The van der Waals surface area contributed by atoms with Crippen molar-refractivity contribution in [3.05, 3.63) is 0 Å². The second-order valence-corrected chi connectivity index (χ2v) is 3.25. The molecule has 7 nitrogen and oxygen atoms in total. The number of aliphatic hydroxyl groups excluding tert-OH is 1. The molecule has 0 aliphatic heterocycles. The summed E-state index contributed by atoms with van der Waals surface area (Å²) in [4.78, 5) is 32.8. The summed E-state index contributed by atoms with van der Waals surface area (Å²) in [6.45, 7) is 0.829. The second kappa shape index (κ2) is 5.30. The molecule has 7 heteroatoms. The molecule has 0 aromatic heterocycles. The quantitative estimate of drug-likeness (QED) is 0.385. The van der Waals surface area contributed by atoms with E-state index in [1.807, 2.05) is 0 Å².